The van der Waals surface area contributed by atoms with Crippen molar-refractivity contribution in [2.75, 3.05) is 0 Å². The van der Waals surface area contributed by atoms with Crippen molar-refractivity contribution >= 4 is 5.57 Å². The molecule has 1 aliphatic rings. The van der Waals surface area contributed by atoms with E-state index in [-0.39, 0.29) is 0 Å². The summed E-state index contributed by atoms with van der Waals surface area (Å²) in [4.78, 5) is 0. The van der Waals surface area contributed by atoms with Crippen LogP contribution in [0.25, 0.3) is 5.57 Å². The highest BCUT2D eigenvalue weighted by Gasteiger charge is 2.11. The van der Waals surface area contributed by atoms with E-state index in [2.05, 4.69) is 93.3 Å². The van der Waals surface area contributed by atoms with Crippen molar-refractivity contribution in [3.63, 3.8) is 0 Å². The summed E-state index contributed by atoms with van der Waals surface area (Å²) in [6.45, 7) is 8.59. The summed E-state index contributed by atoms with van der Waals surface area (Å²) in [6, 6.07) is 19.4. The van der Waals surface area contributed by atoms with E-state index in [1.165, 1.54) is 39.0 Å². The maximum atomic E-state index is 4.26. The molecule has 0 atom stereocenters. The van der Waals surface area contributed by atoms with Crippen molar-refractivity contribution < 1.29 is 0 Å². The van der Waals surface area contributed by atoms with Gasteiger partial charge in [0.2, 0.25) is 0 Å². The van der Waals surface area contributed by atoms with Crippen LogP contribution in [0.4, 0.5) is 0 Å². The van der Waals surface area contributed by atoms with Gasteiger partial charge in [-0.2, -0.15) is 0 Å². The quantitative estimate of drug-likeness (QED) is 0.509. The molecule has 0 heteroatoms. The summed E-state index contributed by atoms with van der Waals surface area (Å²) in [5.74, 6) is 0. The van der Waals surface area contributed by atoms with Crippen LogP contribution in [0, 0.1) is 6.92 Å². The lowest BCUT2D eigenvalue weighted by Crippen LogP contribution is -1.90. The van der Waals surface area contributed by atoms with Crippen molar-refractivity contribution in [2.45, 2.75) is 33.1 Å². The highest BCUT2D eigenvalue weighted by Crippen LogP contribution is 2.32. The van der Waals surface area contributed by atoms with E-state index >= 15 is 0 Å². The van der Waals surface area contributed by atoms with Crippen LogP contribution in [-0.2, 0) is 6.42 Å². The van der Waals surface area contributed by atoms with E-state index in [9.17, 15) is 0 Å². The maximum Gasteiger partial charge on any atom is -0.00173 e. The summed E-state index contributed by atoms with van der Waals surface area (Å²) in [5, 5.41) is 0. The second kappa shape index (κ2) is 7.98. The zero-order valence-corrected chi connectivity index (χ0v) is 15.3. The lowest BCUT2D eigenvalue weighted by molar-refractivity contribution is 1.06. The highest BCUT2D eigenvalue weighted by atomic mass is 14.2. The Morgan fingerprint density at radius 1 is 1.00 bits per heavy atom. The van der Waals surface area contributed by atoms with Crippen LogP contribution in [0.3, 0.4) is 0 Å². The van der Waals surface area contributed by atoms with E-state index in [4.69, 9.17) is 0 Å². The fourth-order valence-electron chi connectivity index (χ4n) is 3.14. The Bertz CT molecular complexity index is 827. The van der Waals surface area contributed by atoms with Gasteiger partial charge in [-0.3, -0.25) is 0 Å². The number of hydrogen-bond acceptors (Lipinski definition) is 0. The molecule has 0 unspecified atom stereocenters. The average Bonchev–Trinajstić information content (AvgIpc) is 3.13. The third kappa shape index (κ3) is 4.70. The minimum atomic E-state index is 0.942. The predicted octanol–water partition coefficient (Wildman–Crippen LogP) is 6.84. The standard InChI is InChI=1S/C25H26/c1-19-10-13-22(14-11-19)17-20(2)9-12-21(3)24-15-16-25(18-24)23-7-5-4-6-8-23/h4-8,10-16H,2,9,17-18H2,1,3H3/b21-12+. The van der Waals surface area contributed by atoms with Gasteiger partial charge in [0, 0.05) is 0 Å². The number of rotatable bonds is 6. The van der Waals surface area contributed by atoms with Crippen LogP contribution >= 0.6 is 0 Å². The molecule has 25 heavy (non-hydrogen) atoms. The number of hydrogen-bond donors (Lipinski definition) is 0. The Morgan fingerprint density at radius 2 is 1.72 bits per heavy atom. The van der Waals surface area contributed by atoms with Gasteiger partial charge in [-0.05, 0) is 55.4 Å². The molecule has 126 valence electrons. The molecule has 0 saturated heterocycles. The first-order valence-corrected chi connectivity index (χ1v) is 8.96. The van der Waals surface area contributed by atoms with Gasteiger partial charge >= 0.3 is 0 Å². The molecule has 0 amide bonds. The summed E-state index contributed by atoms with van der Waals surface area (Å²) in [7, 11) is 0. The minimum absolute atomic E-state index is 0.942. The van der Waals surface area contributed by atoms with Gasteiger partial charge in [-0.15, -0.1) is 0 Å². The molecule has 2 aromatic carbocycles. The van der Waals surface area contributed by atoms with Gasteiger partial charge in [0.05, 0.1) is 0 Å². The Balaban J connectivity index is 1.54. The Kier molecular flexibility index (Phi) is 5.50. The van der Waals surface area contributed by atoms with Gasteiger partial charge in [-0.1, -0.05) is 96.1 Å². The summed E-state index contributed by atoms with van der Waals surface area (Å²) in [5.41, 5.74) is 9.43. The molecule has 0 N–H and O–H groups in total. The van der Waals surface area contributed by atoms with Crippen molar-refractivity contribution in [1.29, 1.82) is 0 Å². The predicted molar refractivity (Wildman–Crippen MR) is 110 cm³/mol. The number of aryl methyl sites for hydroxylation is 1. The van der Waals surface area contributed by atoms with Crippen molar-refractivity contribution in [1.82, 2.24) is 0 Å². The van der Waals surface area contributed by atoms with Crippen molar-refractivity contribution in [3.05, 3.63) is 113 Å². The topological polar surface area (TPSA) is 0 Å². The van der Waals surface area contributed by atoms with E-state index in [0.29, 0.717) is 0 Å². The zero-order chi connectivity index (χ0) is 17.6. The second-order valence-electron chi connectivity index (χ2n) is 6.93. The third-order valence-electron chi connectivity index (χ3n) is 4.79. The van der Waals surface area contributed by atoms with Gasteiger partial charge in [-0.25, -0.2) is 0 Å². The molecular weight excluding hydrogens is 300 g/mol. The SMILES string of the molecule is C=C(C/C=C(\C)C1=CC=C(c2ccccc2)C1)Cc1ccc(C)cc1. The molecule has 0 spiro atoms. The highest BCUT2D eigenvalue weighted by molar-refractivity contribution is 5.74. The molecule has 0 saturated carbocycles. The van der Waals surface area contributed by atoms with E-state index < -0.39 is 0 Å². The Labute approximate surface area is 151 Å². The number of allylic oxidation sites excluding steroid dienone is 7. The third-order valence-corrected chi connectivity index (χ3v) is 4.79. The smallest absolute Gasteiger partial charge is 0.00173 e. The van der Waals surface area contributed by atoms with E-state index in [0.717, 1.165) is 19.3 Å². The second-order valence-corrected chi connectivity index (χ2v) is 6.93. The fourth-order valence-corrected chi connectivity index (χ4v) is 3.14. The van der Waals surface area contributed by atoms with Crippen LogP contribution in [0.2, 0.25) is 0 Å². The fraction of sp³-hybridized carbons (Fsp3) is 0.200. The van der Waals surface area contributed by atoms with Crippen LogP contribution in [0.5, 0.6) is 0 Å². The lowest BCUT2D eigenvalue weighted by Gasteiger charge is -2.08. The first-order chi connectivity index (χ1) is 12.1. The molecule has 1 aliphatic carbocycles. The average molecular weight is 326 g/mol. The Hall–Kier alpha value is -2.60. The molecule has 0 heterocycles. The van der Waals surface area contributed by atoms with Gasteiger partial charge in [0.15, 0.2) is 0 Å². The minimum Gasteiger partial charge on any atom is -0.0992 e. The largest absolute Gasteiger partial charge is 0.0992 e. The number of benzene rings is 2. The summed E-state index contributed by atoms with van der Waals surface area (Å²) in [6.07, 6.45) is 9.76. The zero-order valence-electron chi connectivity index (χ0n) is 15.3. The Morgan fingerprint density at radius 3 is 2.44 bits per heavy atom. The normalized spacial score (nSPS) is 14.2. The van der Waals surface area contributed by atoms with Gasteiger partial charge in [0.25, 0.3) is 0 Å². The summed E-state index contributed by atoms with van der Waals surface area (Å²) < 4.78 is 0. The maximum absolute atomic E-state index is 4.26. The first-order valence-electron chi connectivity index (χ1n) is 8.96. The van der Waals surface area contributed by atoms with Crippen LogP contribution < -0.4 is 0 Å². The van der Waals surface area contributed by atoms with E-state index in [1.54, 1.807) is 0 Å². The van der Waals surface area contributed by atoms with Crippen LogP contribution in [0.15, 0.2) is 96.1 Å². The molecule has 0 fully saturated rings. The molecular formula is C25H26. The van der Waals surface area contributed by atoms with Crippen LogP contribution in [-0.4, -0.2) is 0 Å². The molecule has 2 aromatic rings. The van der Waals surface area contributed by atoms with Crippen molar-refractivity contribution in [2.24, 2.45) is 0 Å². The molecule has 0 bridgehead atoms. The lowest BCUT2D eigenvalue weighted by atomic mass is 9.97. The molecule has 3 rings (SSSR count). The first kappa shape index (κ1) is 17.2. The van der Waals surface area contributed by atoms with Gasteiger partial charge in [0.1, 0.15) is 0 Å². The molecule has 0 aliphatic heterocycles. The monoisotopic (exact) mass is 326 g/mol. The van der Waals surface area contributed by atoms with Crippen LogP contribution in [0.1, 0.15) is 36.5 Å². The molecule has 0 nitrogen and oxygen atoms in total. The van der Waals surface area contributed by atoms with E-state index in [1.807, 2.05) is 0 Å². The summed E-state index contributed by atoms with van der Waals surface area (Å²) >= 11 is 0. The van der Waals surface area contributed by atoms with Gasteiger partial charge < -0.3 is 0 Å². The molecule has 0 radical (unpaired) electrons. The molecule has 0 aromatic heterocycles. The van der Waals surface area contributed by atoms with Crippen molar-refractivity contribution in [3.8, 4) is 0 Å².